The lowest BCUT2D eigenvalue weighted by Gasteiger charge is -2.11. The van der Waals surface area contributed by atoms with Crippen LogP contribution in [0.1, 0.15) is 65.1 Å². The number of benzene rings is 5. The van der Waals surface area contributed by atoms with Gasteiger partial charge in [0.2, 0.25) is 28.5 Å². The maximum atomic E-state index is 5.00. The van der Waals surface area contributed by atoms with Gasteiger partial charge in [-0.2, -0.15) is 0 Å². The Kier molecular flexibility index (Phi) is 23.9. The van der Waals surface area contributed by atoms with Crippen LogP contribution in [-0.2, 0) is 35.2 Å². The Morgan fingerprint density at radius 3 is 1.10 bits per heavy atom. The molecular formula is C91H89N14+5. The Morgan fingerprint density at radius 1 is 0.286 bits per heavy atom. The van der Waals surface area contributed by atoms with Crippen molar-refractivity contribution >= 4 is 0 Å². The van der Waals surface area contributed by atoms with Gasteiger partial charge in [0, 0.05) is 171 Å². The molecule has 15 aromatic rings. The third kappa shape index (κ3) is 18.2. The topological polar surface area (TPSA) is 135 Å². The van der Waals surface area contributed by atoms with E-state index in [1.54, 1.807) is 49.8 Å². The Bertz CT molecular complexity index is 4880. The van der Waals surface area contributed by atoms with Gasteiger partial charge in [-0.15, -0.1) is 0 Å². The summed E-state index contributed by atoms with van der Waals surface area (Å²) in [5, 5.41) is 0. The Labute approximate surface area is 617 Å². The predicted molar refractivity (Wildman–Crippen MR) is 417 cm³/mol. The van der Waals surface area contributed by atoms with Crippen molar-refractivity contribution in [3.8, 4) is 113 Å². The van der Waals surface area contributed by atoms with Gasteiger partial charge in [0.1, 0.15) is 47.9 Å². The van der Waals surface area contributed by atoms with Crippen molar-refractivity contribution in [1.29, 1.82) is 0 Å². The number of pyridine rings is 6. The van der Waals surface area contributed by atoms with E-state index in [1.165, 1.54) is 115 Å². The molecule has 5 aromatic carbocycles. The first kappa shape index (κ1) is 72.1. The number of nitrogens with zero attached hydrogens (tertiary/aromatic N) is 14. The first-order valence-corrected chi connectivity index (χ1v) is 35.6. The van der Waals surface area contributed by atoms with Crippen molar-refractivity contribution in [2.24, 2.45) is 35.2 Å². The van der Waals surface area contributed by atoms with Crippen LogP contribution in [-0.4, -0.2) is 44.9 Å². The van der Waals surface area contributed by atoms with Gasteiger partial charge in [-0.1, -0.05) is 110 Å². The Hall–Kier alpha value is -12.7. The highest BCUT2D eigenvalue weighted by atomic mass is 14.9. The van der Waals surface area contributed by atoms with Crippen molar-refractivity contribution in [3.05, 3.63) is 339 Å². The second-order valence-electron chi connectivity index (χ2n) is 26.4. The SMILES string of the molecule is Cc1ccccc1-c1cc(-c2cccc(C3CCCC3)n2)cc[n+]1C.Cc1ccccc1-c1cc(-c2ccncn2)cc[n+]1C.Cc1ccccc1-c1cc(-c2cnccn2)cc[n+]1C.Cc1ccccc1-c1cc(-c2cncnc2)cc[n+]1C.Cc1ccccc1-c1cc(-c2ncccn2)cc[n+]1C. The third-order valence-electron chi connectivity index (χ3n) is 19.1. The van der Waals surface area contributed by atoms with E-state index in [4.69, 9.17) is 4.98 Å². The number of aryl methyl sites for hydroxylation is 10. The van der Waals surface area contributed by atoms with Crippen LogP contribution in [0.4, 0.5) is 0 Å². The number of aromatic nitrogens is 14. The molecule has 0 saturated heterocycles. The van der Waals surface area contributed by atoms with Gasteiger partial charge in [0.15, 0.2) is 36.8 Å². The molecule has 1 aliphatic carbocycles. The fraction of sp³-hybridized carbons (Fsp3) is 0.165. The molecular weight excluding hydrogens is 1290 g/mol. The van der Waals surface area contributed by atoms with Crippen molar-refractivity contribution in [2.75, 3.05) is 0 Å². The molecule has 10 heterocycles. The fourth-order valence-electron chi connectivity index (χ4n) is 13.2. The monoisotopic (exact) mass is 1380 g/mol. The summed E-state index contributed by atoms with van der Waals surface area (Å²) in [5.41, 5.74) is 29.2. The smallest absolute Gasteiger partial charge is 0.213 e. The van der Waals surface area contributed by atoms with Crippen LogP contribution in [0.5, 0.6) is 0 Å². The van der Waals surface area contributed by atoms with Crippen LogP contribution in [0.15, 0.2) is 306 Å². The normalized spacial score (nSPS) is 11.5. The van der Waals surface area contributed by atoms with Gasteiger partial charge in [-0.05, 0) is 135 Å². The fourth-order valence-corrected chi connectivity index (χ4v) is 13.2. The molecule has 0 N–H and O–H groups in total. The van der Waals surface area contributed by atoms with Crippen LogP contribution < -0.4 is 22.8 Å². The van der Waals surface area contributed by atoms with E-state index in [1.807, 2.05) is 36.8 Å². The lowest BCUT2D eigenvalue weighted by Crippen LogP contribution is -2.30. The van der Waals surface area contributed by atoms with E-state index >= 15 is 0 Å². The molecule has 1 saturated carbocycles. The van der Waals surface area contributed by atoms with E-state index < -0.39 is 0 Å². The summed E-state index contributed by atoms with van der Waals surface area (Å²) in [6.07, 6.45) is 32.9. The molecule has 10 aromatic heterocycles. The van der Waals surface area contributed by atoms with Crippen LogP contribution >= 0.6 is 0 Å². The number of hydrogen-bond acceptors (Lipinski definition) is 9. The zero-order valence-electron chi connectivity index (χ0n) is 61.5. The number of hydrogen-bond donors (Lipinski definition) is 0. The largest absolute Gasteiger partial charge is 0.261 e. The molecule has 0 spiro atoms. The summed E-state index contributed by atoms with van der Waals surface area (Å²) >= 11 is 0. The number of rotatable bonds is 11. The van der Waals surface area contributed by atoms with E-state index in [0.717, 1.165) is 56.4 Å². The molecule has 16 rings (SSSR count). The van der Waals surface area contributed by atoms with Gasteiger partial charge >= 0.3 is 0 Å². The van der Waals surface area contributed by atoms with Crippen LogP contribution in [0.3, 0.4) is 0 Å². The molecule has 0 radical (unpaired) electrons. The molecule has 0 amide bonds. The Morgan fingerprint density at radius 2 is 0.686 bits per heavy atom. The van der Waals surface area contributed by atoms with E-state index in [-0.39, 0.29) is 0 Å². The molecule has 0 aliphatic heterocycles. The van der Waals surface area contributed by atoms with Gasteiger partial charge in [0.25, 0.3) is 0 Å². The minimum Gasteiger partial charge on any atom is -0.261 e. The zero-order chi connectivity index (χ0) is 73.0. The lowest BCUT2D eigenvalue weighted by atomic mass is 10.0. The summed E-state index contributed by atoms with van der Waals surface area (Å²) in [6, 6.07) is 73.8. The van der Waals surface area contributed by atoms with E-state index in [0.29, 0.717) is 5.92 Å². The first-order valence-electron chi connectivity index (χ1n) is 35.6. The molecule has 0 bridgehead atoms. The highest BCUT2D eigenvalue weighted by Crippen LogP contribution is 2.35. The Balaban J connectivity index is 0.000000124. The molecule has 518 valence electrons. The van der Waals surface area contributed by atoms with Crippen molar-refractivity contribution < 1.29 is 22.8 Å². The van der Waals surface area contributed by atoms with Crippen molar-refractivity contribution in [2.45, 2.75) is 66.2 Å². The van der Waals surface area contributed by atoms with Gasteiger partial charge < -0.3 is 0 Å². The minimum absolute atomic E-state index is 0.649. The van der Waals surface area contributed by atoms with E-state index in [9.17, 15) is 0 Å². The molecule has 0 atom stereocenters. The highest BCUT2D eigenvalue weighted by Gasteiger charge is 2.22. The van der Waals surface area contributed by atoms with Crippen LogP contribution in [0.2, 0.25) is 0 Å². The maximum Gasteiger partial charge on any atom is 0.213 e. The molecule has 1 aliphatic rings. The van der Waals surface area contributed by atoms with Gasteiger partial charge in [0.05, 0.1) is 23.3 Å². The van der Waals surface area contributed by atoms with Crippen LogP contribution in [0, 0.1) is 34.6 Å². The standard InChI is InChI=1S/C23H25N2.4C17H16N3/c1-17-8-3-6-11-20(17)23-16-19(14-15-25(23)2)22-13-7-12-21(24-22)18-9-4-5-10-18;1-13-6-3-4-7-15(13)16-12-14(8-11-20(16)2)17-18-9-5-10-19-17;1-13-5-3-4-6-15(13)17-11-14(7-10-20(17)2)16-12-18-8-9-19-16;1-13-5-3-4-6-15(13)17-11-14(8-10-20(17)2)16-7-9-18-12-19-16;1-13-5-3-4-6-16(13)17-9-14(7-8-20(17)2)15-10-18-12-19-11-15/h3,6-8,11-16,18H,4-5,9-10H2,1-2H3;4*3-12H,1-2H3/q5*+1. The predicted octanol–water partition coefficient (Wildman–Crippen LogP) is 17.0. The summed E-state index contributed by atoms with van der Waals surface area (Å²) in [7, 11) is 10.3. The average Bonchev–Trinajstić information content (AvgIpc) is 1.25. The lowest BCUT2D eigenvalue weighted by molar-refractivity contribution is -0.660. The van der Waals surface area contributed by atoms with Crippen molar-refractivity contribution in [3.63, 3.8) is 0 Å². The highest BCUT2D eigenvalue weighted by molar-refractivity contribution is 5.73. The summed E-state index contributed by atoms with van der Waals surface area (Å²) in [4.78, 5) is 38.6. The minimum atomic E-state index is 0.649. The van der Waals surface area contributed by atoms with E-state index in [2.05, 4.69) is 351 Å². The van der Waals surface area contributed by atoms with Crippen molar-refractivity contribution in [1.82, 2.24) is 44.9 Å². The second kappa shape index (κ2) is 34.8. The van der Waals surface area contributed by atoms with Gasteiger partial charge in [-0.25, -0.2) is 52.7 Å². The molecule has 14 nitrogen and oxygen atoms in total. The van der Waals surface area contributed by atoms with Gasteiger partial charge in [-0.3, -0.25) is 15.0 Å². The third-order valence-corrected chi connectivity index (χ3v) is 19.1. The second-order valence-corrected chi connectivity index (χ2v) is 26.4. The molecule has 14 heteroatoms. The molecule has 1 fully saturated rings. The first-order chi connectivity index (χ1) is 51.2. The summed E-state index contributed by atoms with van der Waals surface area (Å²) in [6.45, 7) is 10.7. The summed E-state index contributed by atoms with van der Waals surface area (Å²) in [5.74, 6) is 1.40. The molecule has 105 heavy (non-hydrogen) atoms. The quantitative estimate of drug-likeness (QED) is 0.116. The average molecular weight is 1380 g/mol. The molecule has 0 unspecified atom stereocenters. The van der Waals surface area contributed by atoms with Crippen LogP contribution in [0.25, 0.3) is 113 Å². The maximum absolute atomic E-state index is 5.00. The zero-order valence-corrected chi connectivity index (χ0v) is 61.5. The summed E-state index contributed by atoms with van der Waals surface area (Å²) < 4.78 is 10.7.